The predicted octanol–water partition coefficient (Wildman–Crippen LogP) is 3.07. The van der Waals surface area contributed by atoms with Crippen LogP contribution in [-0.2, 0) is 4.74 Å². The summed E-state index contributed by atoms with van der Waals surface area (Å²) in [7, 11) is 0. The zero-order chi connectivity index (χ0) is 13.2. The third kappa shape index (κ3) is 3.25. The summed E-state index contributed by atoms with van der Waals surface area (Å²) in [6, 6.07) is 6.36. The topological polar surface area (TPSA) is 47.3 Å². The van der Waals surface area contributed by atoms with Gasteiger partial charge >= 0.3 is 0 Å². The van der Waals surface area contributed by atoms with Crippen LogP contribution in [-0.4, -0.2) is 24.8 Å². The third-order valence-corrected chi connectivity index (χ3v) is 3.96. The fourth-order valence-corrected chi connectivity index (χ4v) is 3.24. The molecule has 1 aliphatic rings. The SMILES string of the molecule is Cc1cc(Br)cc(NC2(CN)CCOC(C)C2)c1. The molecule has 4 heteroatoms. The van der Waals surface area contributed by atoms with Crippen LogP contribution in [0.3, 0.4) is 0 Å². The second-order valence-corrected chi connectivity index (χ2v) is 6.18. The quantitative estimate of drug-likeness (QED) is 0.901. The molecule has 1 aromatic rings. The van der Waals surface area contributed by atoms with Crippen molar-refractivity contribution in [1.82, 2.24) is 0 Å². The highest BCUT2D eigenvalue weighted by Crippen LogP contribution is 2.29. The van der Waals surface area contributed by atoms with Crippen LogP contribution >= 0.6 is 15.9 Å². The highest BCUT2D eigenvalue weighted by molar-refractivity contribution is 9.10. The Morgan fingerprint density at radius 1 is 1.50 bits per heavy atom. The molecule has 0 amide bonds. The molecule has 2 rings (SSSR count). The molecule has 100 valence electrons. The summed E-state index contributed by atoms with van der Waals surface area (Å²) in [6.07, 6.45) is 2.18. The summed E-state index contributed by atoms with van der Waals surface area (Å²) in [6.45, 7) is 5.61. The van der Waals surface area contributed by atoms with Gasteiger partial charge in [-0.25, -0.2) is 0 Å². The zero-order valence-electron chi connectivity index (χ0n) is 11.0. The van der Waals surface area contributed by atoms with E-state index in [0.717, 1.165) is 29.6 Å². The first kappa shape index (κ1) is 13.8. The smallest absolute Gasteiger partial charge is 0.0569 e. The van der Waals surface area contributed by atoms with Gasteiger partial charge in [0, 0.05) is 23.3 Å². The number of ether oxygens (including phenoxy) is 1. The first-order valence-electron chi connectivity index (χ1n) is 6.40. The Labute approximate surface area is 117 Å². The van der Waals surface area contributed by atoms with Crippen molar-refractivity contribution in [3.63, 3.8) is 0 Å². The molecule has 1 aliphatic heterocycles. The molecule has 0 radical (unpaired) electrons. The van der Waals surface area contributed by atoms with Crippen molar-refractivity contribution in [3.8, 4) is 0 Å². The Hall–Kier alpha value is -0.580. The monoisotopic (exact) mass is 312 g/mol. The highest BCUT2D eigenvalue weighted by atomic mass is 79.9. The Morgan fingerprint density at radius 2 is 2.28 bits per heavy atom. The van der Waals surface area contributed by atoms with Gasteiger partial charge in [0.05, 0.1) is 11.6 Å². The van der Waals surface area contributed by atoms with E-state index >= 15 is 0 Å². The molecular weight excluding hydrogens is 292 g/mol. The summed E-state index contributed by atoms with van der Waals surface area (Å²) in [5, 5.41) is 3.62. The van der Waals surface area contributed by atoms with Crippen LogP contribution in [0.5, 0.6) is 0 Å². The molecule has 0 aromatic heterocycles. The summed E-state index contributed by atoms with van der Waals surface area (Å²) in [4.78, 5) is 0. The average molecular weight is 313 g/mol. The molecule has 18 heavy (non-hydrogen) atoms. The number of nitrogens with one attached hydrogen (secondary N) is 1. The zero-order valence-corrected chi connectivity index (χ0v) is 12.6. The number of benzene rings is 1. The number of hydrogen-bond acceptors (Lipinski definition) is 3. The molecule has 1 heterocycles. The van der Waals surface area contributed by atoms with Gasteiger partial charge in [0.15, 0.2) is 0 Å². The van der Waals surface area contributed by atoms with Crippen LogP contribution in [0, 0.1) is 6.92 Å². The molecule has 2 atom stereocenters. The Kier molecular flexibility index (Phi) is 4.30. The lowest BCUT2D eigenvalue weighted by atomic mass is 9.86. The number of anilines is 1. The Bertz CT molecular complexity index is 404. The minimum atomic E-state index is -0.0368. The maximum Gasteiger partial charge on any atom is 0.0569 e. The summed E-state index contributed by atoms with van der Waals surface area (Å²) in [5.74, 6) is 0. The largest absolute Gasteiger partial charge is 0.378 e. The van der Waals surface area contributed by atoms with Crippen molar-refractivity contribution in [1.29, 1.82) is 0 Å². The minimum Gasteiger partial charge on any atom is -0.378 e. The van der Waals surface area contributed by atoms with E-state index in [2.05, 4.69) is 53.3 Å². The molecule has 0 bridgehead atoms. The van der Waals surface area contributed by atoms with Gasteiger partial charge in [-0.05, 0) is 50.5 Å². The maximum absolute atomic E-state index is 5.99. The van der Waals surface area contributed by atoms with Gasteiger partial charge in [0.1, 0.15) is 0 Å². The van der Waals surface area contributed by atoms with Crippen molar-refractivity contribution < 1.29 is 4.74 Å². The van der Waals surface area contributed by atoms with Crippen LogP contribution in [0.2, 0.25) is 0 Å². The number of hydrogen-bond donors (Lipinski definition) is 2. The van der Waals surface area contributed by atoms with E-state index in [-0.39, 0.29) is 11.6 Å². The summed E-state index contributed by atoms with van der Waals surface area (Å²) < 4.78 is 6.71. The van der Waals surface area contributed by atoms with E-state index < -0.39 is 0 Å². The van der Waals surface area contributed by atoms with E-state index in [9.17, 15) is 0 Å². The Balaban J connectivity index is 2.18. The molecule has 3 N–H and O–H groups in total. The first-order chi connectivity index (χ1) is 8.53. The second-order valence-electron chi connectivity index (χ2n) is 5.26. The molecule has 1 saturated heterocycles. The molecule has 1 fully saturated rings. The Morgan fingerprint density at radius 3 is 2.89 bits per heavy atom. The van der Waals surface area contributed by atoms with Crippen molar-refractivity contribution in [2.24, 2.45) is 5.73 Å². The number of halogens is 1. The maximum atomic E-state index is 5.99. The molecule has 1 aromatic carbocycles. The number of nitrogens with two attached hydrogens (primary N) is 1. The van der Waals surface area contributed by atoms with Crippen LogP contribution in [0.25, 0.3) is 0 Å². The van der Waals surface area contributed by atoms with Crippen molar-refractivity contribution in [2.75, 3.05) is 18.5 Å². The summed E-state index contributed by atoms with van der Waals surface area (Å²) >= 11 is 3.53. The fraction of sp³-hybridized carbons (Fsp3) is 0.571. The average Bonchev–Trinajstić information content (AvgIpc) is 2.27. The minimum absolute atomic E-state index is 0.0368. The normalized spacial score (nSPS) is 28.1. The van der Waals surface area contributed by atoms with E-state index in [1.54, 1.807) is 0 Å². The van der Waals surface area contributed by atoms with Crippen molar-refractivity contribution in [3.05, 3.63) is 28.2 Å². The van der Waals surface area contributed by atoms with Crippen LogP contribution in [0.1, 0.15) is 25.3 Å². The molecule has 0 spiro atoms. The molecule has 0 aliphatic carbocycles. The van der Waals surface area contributed by atoms with E-state index in [0.29, 0.717) is 6.54 Å². The van der Waals surface area contributed by atoms with Gasteiger partial charge < -0.3 is 15.8 Å². The van der Waals surface area contributed by atoms with E-state index in [4.69, 9.17) is 10.5 Å². The van der Waals surface area contributed by atoms with Crippen molar-refractivity contribution in [2.45, 2.75) is 38.3 Å². The molecule has 2 unspecified atom stereocenters. The lowest BCUT2D eigenvalue weighted by Gasteiger charge is -2.40. The standard InChI is InChI=1S/C14H21BrN2O/c1-10-5-12(15)7-13(6-10)17-14(9-16)3-4-18-11(2)8-14/h5-7,11,17H,3-4,8-9,16H2,1-2H3. The molecule has 3 nitrogen and oxygen atoms in total. The van der Waals surface area contributed by atoms with Crippen LogP contribution in [0.4, 0.5) is 5.69 Å². The molecule has 0 saturated carbocycles. The molecular formula is C14H21BrN2O. The number of rotatable bonds is 3. The predicted molar refractivity (Wildman–Crippen MR) is 78.9 cm³/mol. The van der Waals surface area contributed by atoms with Crippen molar-refractivity contribution >= 4 is 21.6 Å². The lowest BCUT2D eigenvalue weighted by molar-refractivity contribution is 0.000264. The van der Waals surface area contributed by atoms with Gasteiger partial charge in [-0.3, -0.25) is 0 Å². The second kappa shape index (κ2) is 5.59. The van der Waals surface area contributed by atoms with Crippen LogP contribution in [0.15, 0.2) is 22.7 Å². The van der Waals surface area contributed by atoms with Crippen LogP contribution < -0.4 is 11.1 Å². The van der Waals surface area contributed by atoms with Gasteiger partial charge in [-0.1, -0.05) is 15.9 Å². The fourth-order valence-electron chi connectivity index (χ4n) is 2.63. The summed E-state index contributed by atoms with van der Waals surface area (Å²) in [5.41, 5.74) is 8.32. The van der Waals surface area contributed by atoms with Gasteiger partial charge in [0.25, 0.3) is 0 Å². The lowest BCUT2D eigenvalue weighted by Crippen LogP contribution is -2.51. The third-order valence-electron chi connectivity index (χ3n) is 3.50. The first-order valence-corrected chi connectivity index (χ1v) is 7.19. The van der Waals surface area contributed by atoms with Gasteiger partial charge in [-0.2, -0.15) is 0 Å². The van der Waals surface area contributed by atoms with E-state index in [1.807, 2.05) is 0 Å². The van der Waals surface area contributed by atoms with Gasteiger partial charge in [0.2, 0.25) is 0 Å². The van der Waals surface area contributed by atoms with Gasteiger partial charge in [-0.15, -0.1) is 0 Å². The number of aryl methyl sites for hydroxylation is 1. The highest BCUT2D eigenvalue weighted by Gasteiger charge is 2.34. The van der Waals surface area contributed by atoms with E-state index in [1.165, 1.54) is 5.56 Å².